The van der Waals surface area contributed by atoms with Gasteiger partial charge in [-0.15, -0.1) is 0 Å². The van der Waals surface area contributed by atoms with Gasteiger partial charge in [-0.2, -0.15) is 4.99 Å². The van der Waals surface area contributed by atoms with E-state index in [0.717, 1.165) is 42.2 Å². The minimum absolute atomic E-state index is 0.0513. The maximum Gasteiger partial charge on any atom is 0.262 e. The second-order valence-corrected chi connectivity index (χ2v) is 9.98. The maximum absolute atomic E-state index is 13.0. The van der Waals surface area contributed by atoms with Gasteiger partial charge in [0.1, 0.15) is 5.25 Å². The molecule has 3 amide bonds. The number of piperidine rings is 1. The molecule has 178 valence electrons. The van der Waals surface area contributed by atoms with Gasteiger partial charge in [-0.05, 0) is 55.5 Å². The molecule has 1 atom stereocenters. The number of aryl methyl sites for hydroxylation is 1. The van der Waals surface area contributed by atoms with Gasteiger partial charge >= 0.3 is 0 Å². The normalized spacial score (nSPS) is 17.9. The van der Waals surface area contributed by atoms with E-state index in [0.29, 0.717) is 17.8 Å². The van der Waals surface area contributed by atoms with Gasteiger partial charge in [-0.3, -0.25) is 14.4 Å². The van der Waals surface area contributed by atoms with E-state index in [4.69, 9.17) is 0 Å². The Morgan fingerprint density at radius 2 is 1.88 bits per heavy atom. The quantitative estimate of drug-likeness (QED) is 0.677. The summed E-state index contributed by atoms with van der Waals surface area (Å²) in [4.78, 5) is 45.9. The third kappa shape index (κ3) is 5.86. The van der Waals surface area contributed by atoms with Crippen LogP contribution in [0.25, 0.3) is 0 Å². The molecule has 0 saturated carbocycles. The van der Waals surface area contributed by atoms with Crippen LogP contribution in [0.1, 0.15) is 47.2 Å². The van der Waals surface area contributed by atoms with Crippen LogP contribution in [-0.4, -0.2) is 58.1 Å². The fraction of sp³-hybridized carbons (Fsp3) is 0.385. The van der Waals surface area contributed by atoms with Crippen molar-refractivity contribution >= 4 is 40.3 Å². The first-order valence-electron chi connectivity index (χ1n) is 11.6. The predicted molar refractivity (Wildman–Crippen MR) is 136 cm³/mol. The van der Waals surface area contributed by atoms with Crippen LogP contribution in [0.4, 0.5) is 5.69 Å². The molecule has 34 heavy (non-hydrogen) atoms. The Morgan fingerprint density at radius 3 is 2.65 bits per heavy atom. The molecule has 2 aliphatic rings. The standard InChI is InChI=1S/C26H30N4O3S/c1-18-9-4-5-10-20(18)17-29(2)25(33)19-11-8-12-21(15-19)27-23(31)16-22-24(32)28-26(34-22)30-13-6-3-7-14-30/h4-5,8-12,15,22H,3,6-7,13-14,16-17H2,1-2H3,(H,27,31)/t22-/m1/s1. The zero-order chi connectivity index (χ0) is 24.1. The van der Waals surface area contributed by atoms with E-state index in [9.17, 15) is 14.4 Å². The number of rotatable bonds is 6. The molecule has 1 saturated heterocycles. The number of hydrogen-bond acceptors (Lipinski definition) is 5. The highest BCUT2D eigenvalue weighted by molar-refractivity contribution is 8.15. The Balaban J connectivity index is 1.33. The number of aliphatic imine (C=N–C) groups is 1. The lowest BCUT2D eigenvalue weighted by molar-refractivity contribution is -0.121. The molecule has 1 fully saturated rings. The summed E-state index contributed by atoms with van der Waals surface area (Å²) in [7, 11) is 1.77. The summed E-state index contributed by atoms with van der Waals surface area (Å²) in [6, 6.07) is 14.9. The first-order chi connectivity index (χ1) is 16.4. The summed E-state index contributed by atoms with van der Waals surface area (Å²) in [6.45, 7) is 4.36. The van der Waals surface area contributed by atoms with E-state index < -0.39 is 5.25 Å². The van der Waals surface area contributed by atoms with Crippen molar-refractivity contribution in [3.05, 3.63) is 65.2 Å². The second-order valence-electron chi connectivity index (χ2n) is 8.81. The van der Waals surface area contributed by atoms with Gasteiger partial charge in [0.25, 0.3) is 11.8 Å². The molecular weight excluding hydrogens is 448 g/mol. The monoisotopic (exact) mass is 478 g/mol. The van der Waals surface area contributed by atoms with Crippen LogP contribution < -0.4 is 5.32 Å². The topological polar surface area (TPSA) is 82.1 Å². The van der Waals surface area contributed by atoms with E-state index in [2.05, 4.69) is 15.2 Å². The van der Waals surface area contributed by atoms with E-state index in [1.807, 2.05) is 31.2 Å². The summed E-state index contributed by atoms with van der Waals surface area (Å²) >= 11 is 1.38. The fourth-order valence-electron chi connectivity index (χ4n) is 4.18. The van der Waals surface area contributed by atoms with Gasteiger partial charge in [-0.1, -0.05) is 42.1 Å². The molecule has 2 heterocycles. The third-order valence-electron chi connectivity index (χ3n) is 6.14. The molecule has 4 rings (SSSR count). The molecule has 0 aromatic heterocycles. The average molecular weight is 479 g/mol. The minimum Gasteiger partial charge on any atom is -0.351 e. The largest absolute Gasteiger partial charge is 0.351 e. The fourth-order valence-corrected chi connectivity index (χ4v) is 5.29. The lowest BCUT2D eigenvalue weighted by Gasteiger charge is -2.27. The number of anilines is 1. The summed E-state index contributed by atoms with van der Waals surface area (Å²) < 4.78 is 0. The number of nitrogens with zero attached hydrogens (tertiary/aromatic N) is 3. The number of carbonyl (C=O) groups is 3. The molecule has 8 heteroatoms. The molecule has 2 aromatic carbocycles. The number of nitrogens with one attached hydrogen (secondary N) is 1. The maximum atomic E-state index is 13.0. The van der Waals surface area contributed by atoms with Crippen LogP contribution in [0.3, 0.4) is 0 Å². The SMILES string of the molecule is Cc1ccccc1CN(C)C(=O)c1cccc(NC(=O)C[C@H]2SC(N3CCCCC3)=NC2=O)c1. The molecule has 2 aliphatic heterocycles. The number of benzene rings is 2. The van der Waals surface area contributed by atoms with E-state index in [1.165, 1.54) is 18.2 Å². The zero-order valence-electron chi connectivity index (χ0n) is 19.6. The van der Waals surface area contributed by atoms with E-state index in [-0.39, 0.29) is 24.1 Å². The first kappa shape index (κ1) is 24.0. The number of thioether (sulfide) groups is 1. The van der Waals surface area contributed by atoms with Gasteiger partial charge in [-0.25, -0.2) is 0 Å². The van der Waals surface area contributed by atoms with Gasteiger partial charge in [0.15, 0.2) is 5.17 Å². The molecule has 1 N–H and O–H groups in total. The lowest BCUT2D eigenvalue weighted by atomic mass is 10.1. The Morgan fingerprint density at radius 1 is 1.12 bits per heavy atom. The Labute approximate surface area is 204 Å². The van der Waals surface area contributed by atoms with Gasteiger partial charge in [0, 0.05) is 44.4 Å². The van der Waals surface area contributed by atoms with Gasteiger partial charge < -0.3 is 15.1 Å². The van der Waals surface area contributed by atoms with Crippen molar-refractivity contribution in [1.29, 1.82) is 0 Å². The zero-order valence-corrected chi connectivity index (χ0v) is 20.4. The average Bonchev–Trinajstić information content (AvgIpc) is 3.20. The van der Waals surface area contributed by atoms with Gasteiger partial charge in [0.05, 0.1) is 0 Å². The summed E-state index contributed by atoms with van der Waals surface area (Å²) in [5.74, 6) is -0.637. The highest BCUT2D eigenvalue weighted by Gasteiger charge is 2.33. The Hall–Kier alpha value is -3.13. The third-order valence-corrected chi connectivity index (χ3v) is 7.35. The van der Waals surface area contributed by atoms with Crippen molar-refractivity contribution in [2.24, 2.45) is 4.99 Å². The number of hydrogen-bond donors (Lipinski definition) is 1. The first-order valence-corrected chi connectivity index (χ1v) is 12.5. The van der Waals surface area contributed by atoms with Crippen molar-refractivity contribution in [3.63, 3.8) is 0 Å². The number of likely N-dealkylation sites (tertiary alicyclic amines) is 1. The van der Waals surface area contributed by atoms with Crippen LogP contribution in [0.2, 0.25) is 0 Å². The van der Waals surface area contributed by atoms with Crippen molar-refractivity contribution in [3.8, 4) is 0 Å². The Kier molecular flexibility index (Phi) is 7.67. The number of amides is 3. The summed E-state index contributed by atoms with van der Waals surface area (Å²) in [6.07, 6.45) is 3.47. The van der Waals surface area contributed by atoms with Crippen LogP contribution in [-0.2, 0) is 16.1 Å². The minimum atomic E-state index is -0.498. The predicted octanol–water partition coefficient (Wildman–Crippen LogP) is 4.08. The highest BCUT2D eigenvalue weighted by atomic mass is 32.2. The molecule has 0 unspecified atom stereocenters. The van der Waals surface area contributed by atoms with E-state index in [1.54, 1.807) is 36.2 Å². The molecule has 0 radical (unpaired) electrons. The summed E-state index contributed by atoms with van der Waals surface area (Å²) in [5, 5.41) is 3.08. The molecule has 0 bridgehead atoms. The van der Waals surface area contributed by atoms with Crippen molar-refractivity contribution < 1.29 is 14.4 Å². The lowest BCUT2D eigenvalue weighted by Crippen LogP contribution is -2.33. The smallest absolute Gasteiger partial charge is 0.262 e. The number of carbonyl (C=O) groups excluding carboxylic acids is 3. The van der Waals surface area contributed by atoms with Crippen LogP contribution in [0.5, 0.6) is 0 Å². The number of amidine groups is 1. The Bertz CT molecular complexity index is 1110. The van der Waals surface area contributed by atoms with E-state index >= 15 is 0 Å². The molecule has 7 nitrogen and oxygen atoms in total. The van der Waals surface area contributed by atoms with Crippen LogP contribution >= 0.6 is 11.8 Å². The van der Waals surface area contributed by atoms with Crippen molar-refractivity contribution in [1.82, 2.24) is 9.80 Å². The second kappa shape index (κ2) is 10.9. The molecule has 0 spiro atoms. The van der Waals surface area contributed by atoms with Crippen LogP contribution in [0, 0.1) is 6.92 Å². The van der Waals surface area contributed by atoms with Crippen molar-refractivity contribution in [2.45, 2.75) is 44.4 Å². The van der Waals surface area contributed by atoms with Crippen LogP contribution in [0.15, 0.2) is 53.5 Å². The molecular formula is C26H30N4O3S. The molecule has 2 aromatic rings. The summed E-state index contributed by atoms with van der Waals surface area (Å²) in [5.41, 5.74) is 3.26. The highest BCUT2D eigenvalue weighted by Crippen LogP contribution is 2.29. The molecule has 0 aliphatic carbocycles. The van der Waals surface area contributed by atoms with Crippen molar-refractivity contribution in [2.75, 3.05) is 25.5 Å². The van der Waals surface area contributed by atoms with Gasteiger partial charge in [0.2, 0.25) is 5.91 Å².